The fraction of sp³-hybridized carbons (Fsp3) is 0.214. The van der Waals surface area contributed by atoms with Gasteiger partial charge in [-0.15, -0.1) is 11.3 Å². The highest BCUT2D eigenvalue weighted by Gasteiger charge is 2.18. The Balaban J connectivity index is 1.93. The van der Waals surface area contributed by atoms with Crippen LogP contribution < -0.4 is 18.9 Å². The fourth-order valence-corrected chi connectivity index (χ4v) is 5.01. The van der Waals surface area contributed by atoms with Gasteiger partial charge in [-0.25, -0.2) is 0 Å². The molecule has 0 saturated heterocycles. The lowest BCUT2D eigenvalue weighted by atomic mass is 10.00. The van der Waals surface area contributed by atoms with Gasteiger partial charge in [-0.3, -0.25) is 0 Å². The normalized spacial score (nSPS) is 10.7. The molecular formula is C28H28O4S. The van der Waals surface area contributed by atoms with Crippen LogP contribution in [0.25, 0.3) is 32.0 Å². The van der Waals surface area contributed by atoms with Gasteiger partial charge >= 0.3 is 0 Å². The molecule has 1 aromatic heterocycles. The zero-order valence-electron chi connectivity index (χ0n) is 19.8. The molecule has 33 heavy (non-hydrogen) atoms. The molecule has 0 aliphatic heterocycles. The molecule has 0 N–H and O–H groups in total. The number of hydrogen-bond acceptors (Lipinski definition) is 5. The van der Waals surface area contributed by atoms with Crippen LogP contribution in [0.2, 0.25) is 0 Å². The van der Waals surface area contributed by atoms with Crippen LogP contribution in [0.1, 0.15) is 11.1 Å². The standard InChI is InChI=1S/C28H28O4S/c1-17-7-8-20(13-18(17)2)27-16-22(19-9-11-23(29-3)25(14-19)31-5)28(33-27)21-10-12-24(30-4)26(15-21)32-6/h7-16H,1-6H3. The number of ether oxygens (including phenoxy) is 4. The summed E-state index contributed by atoms with van der Waals surface area (Å²) in [5.74, 6) is 2.82. The largest absolute Gasteiger partial charge is 0.493 e. The van der Waals surface area contributed by atoms with Crippen molar-refractivity contribution in [2.24, 2.45) is 0 Å². The second-order valence-corrected chi connectivity index (χ2v) is 8.84. The summed E-state index contributed by atoms with van der Waals surface area (Å²) in [5, 5.41) is 0. The number of hydrogen-bond donors (Lipinski definition) is 0. The zero-order chi connectivity index (χ0) is 23.5. The van der Waals surface area contributed by atoms with E-state index < -0.39 is 0 Å². The summed E-state index contributed by atoms with van der Waals surface area (Å²) in [7, 11) is 6.61. The predicted molar refractivity (Wildman–Crippen MR) is 136 cm³/mol. The molecule has 0 radical (unpaired) electrons. The lowest BCUT2D eigenvalue weighted by Crippen LogP contribution is -1.92. The van der Waals surface area contributed by atoms with Crippen molar-refractivity contribution < 1.29 is 18.9 Å². The Hall–Kier alpha value is -3.44. The molecule has 5 heteroatoms. The molecule has 4 aromatic rings. The van der Waals surface area contributed by atoms with Crippen molar-refractivity contribution in [1.82, 2.24) is 0 Å². The van der Waals surface area contributed by atoms with E-state index in [1.165, 1.54) is 21.6 Å². The quantitative estimate of drug-likeness (QED) is 0.288. The van der Waals surface area contributed by atoms with Gasteiger partial charge in [-0.1, -0.05) is 24.3 Å². The highest BCUT2D eigenvalue weighted by molar-refractivity contribution is 7.19. The lowest BCUT2D eigenvalue weighted by Gasteiger charge is -2.12. The van der Waals surface area contributed by atoms with Crippen molar-refractivity contribution in [3.05, 3.63) is 71.8 Å². The molecule has 3 aromatic carbocycles. The van der Waals surface area contributed by atoms with E-state index in [9.17, 15) is 0 Å². The topological polar surface area (TPSA) is 36.9 Å². The number of rotatable bonds is 7. The Bertz CT molecular complexity index is 1220. The van der Waals surface area contributed by atoms with Gasteiger partial charge in [0, 0.05) is 15.3 Å². The summed E-state index contributed by atoms with van der Waals surface area (Å²) in [5.41, 5.74) is 7.02. The van der Waals surface area contributed by atoms with Crippen LogP contribution >= 0.6 is 11.3 Å². The maximum atomic E-state index is 5.57. The SMILES string of the molecule is COc1ccc(-c2cc(-c3ccc(C)c(C)c3)sc2-c2ccc(OC)c(OC)c2)cc1OC. The van der Waals surface area contributed by atoms with Crippen molar-refractivity contribution in [2.45, 2.75) is 13.8 Å². The number of benzene rings is 3. The number of thiophene rings is 1. The number of aryl methyl sites for hydroxylation is 2. The monoisotopic (exact) mass is 460 g/mol. The minimum atomic E-state index is 0.701. The maximum Gasteiger partial charge on any atom is 0.161 e. The summed E-state index contributed by atoms with van der Waals surface area (Å²) in [4.78, 5) is 2.35. The fourth-order valence-electron chi connectivity index (χ4n) is 3.84. The minimum Gasteiger partial charge on any atom is -0.493 e. The Labute approximate surface area is 199 Å². The first kappa shape index (κ1) is 22.7. The third-order valence-corrected chi connectivity index (χ3v) is 7.10. The van der Waals surface area contributed by atoms with Crippen molar-refractivity contribution in [2.75, 3.05) is 28.4 Å². The summed E-state index contributed by atoms with van der Waals surface area (Å²) < 4.78 is 22.0. The Morgan fingerprint density at radius 3 is 1.64 bits per heavy atom. The van der Waals surface area contributed by atoms with E-state index in [1.807, 2.05) is 24.3 Å². The van der Waals surface area contributed by atoms with E-state index in [4.69, 9.17) is 18.9 Å². The van der Waals surface area contributed by atoms with E-state index in [0.717, 1.165) is 21.6 Å². The van der Waals surface area contributed by atoms with Gasteiger partial charge in [0.25, 0.3) is 0 Å². The summed E-state index contributed by atoms with van der Waals surface area (Å²) in [6, 6.07) is 20.9. The summed E-state index contributed by atoms with van der Waals surface area (Å²) in [6.45, 7) is 4.29. The lowest BCUT2D eigenvalue weighted by molar-refractivity contribution is 0.355. The van der Waals surface area contributed by atoms with Crippen LogP contribution in [0.5, 0.6) is 23.0 Å². The molecule has 0 saturated carbocycles. The van der Waals surface area contributed by atoms with Crippen molar-refractivity contribution in [3.8, 4) is 55.0 Å². The third kappa shape index (κ3) is 4.41. The van der Waals surface area contributed by atoms with Crippen LogP contribution in [-0.4, -0.2) is 28.4 Å². The van der Waals surface area contributed by atoms with Crippen molar-refractivity contribution in [1.29, 1.82) is 0 Å². The molecule has 0 bridgehead atoms. The second-order valence-electron chi connectivity index (χ2n) is 7.79. The number of methoxy groups -OCH3 is 4. The highest BCUT2D eigenvalue weighted by atomic mass is 32.1. The molecule has 0 fully saturated rings. The van der Waals surface area contributed by atoms with Crippen LogP contribution in [0.3, 0.4) is 0 Å². The first-order chi connectivity index (χ1) is 16.0. The van der Waals surface area contributed by atoms with Crippen LogP contribution in [0.15, 0.2) is 60.7 Å². The third-order valence-electron chi connectivity index (χ3n) is 5.86. The molecule has 0 aliphatic rings. The van der Waals surface area contributed by atoms with E-state index >= 15 is 0 Å². The van der Waals surface area contributed by atoms with Gasteiger partial charge < -0.3 is 18.9 Å². The first-order valence-electron chi connectivity index (χ1n) is 10.6. The molecule has 0 amide bonds. The molecule has 170 valence electrons. The van der Waals surface area contributed by atoms with Crippen LogP contribution in [-0.2, 0) is 0 Å². The molecule has 1 heterocycles. The van der Waals surface area contributed by atoms with E-state index in [2.05, 4.69) is 50.2 Å². The summed E-state index contributed by atoms with van der Waals surface area (Å²) in [6.07, 6.45) is 0. The summed E-state index contributed by atoms with van der Waals surface area (Å²) >= 11 is 1.76. The molecule has 4 rings (SSSR count). The van der Waals surface area contributed by atoms with Gasteiger partial charge in [-0.05, 0) is 78.1 Å². The Morgan fingerprint density at radius 2 is 1.06 bits per heavy atom. The van der Waals surface area contributed by atoms with Crippen molar-refractivity contribution >= 4 is 11.3 Å². The average Bonchev–Trinajstić information content (AvgIpc) is 3.30. The average molecular weight is 461 g/mol. The minimum absolute atomic E-state index is 0.701. The van der Waals surface area contributed by atoms with E-state index in [1.54, 1.807) is 39.8 Å². The van der Waals surface area contributed by atoms with Gasteiger partial charge in [0.2, 0.25) is 0 Å². The van der Waals surface area contributed by atoms with Crippen molar-refractivity contribution in [3.63, 3.8) is 0 Å². The van der Waals surface area contributed by atoms with Gasteiger partial charge in [0.15, 0.2) is 23.0 Å². The molecular weight excluding hydrogens is 432 g/mol. The van der Waals surface area contributed by atoms with Gasteiger partial charge in [0.05, 0.1) is 28.4 Å². The molecule has 0 spiro atoms. The van der Waals surface area contributed by atoms with E-state index in [-0.39, 0.29) is 0 Å². The maximum absolute atomic E-state index is 5.57. The zero-order valence-corrected chi connectivity index (χ0v) is 20.6. The molecule has 4 nitrogen and oxygen atoms in total. The van der Waals surface area contributed by atoms with E-state index in [0.29, 0.717) is 23.0 Å². The molecule has 0 unspecified atom stereocenters. The van der Waals surface area contributed by atoms with Crippen LogP contribution in [0, 0.1) is 13.8 Å². The Kier molecular flexibility index (Phi) is 6.61. The first-order valence-corrected chi connectivity index (χ1v) is 11.5. The van der Waals surface area contributed by atoms with Gasteiger partial charge in [0.1, 0.15) is 0 Å². The van der Waals surface area contributed by atoms with Gasteiger partial charge in [-0.2, -0.15) is 0 Å². The molecule has 0 atom stereocenters. The second kappa shape index (κ2) is 9.59. The Morgan fingerprint density at radius 1 is 0.515 bits per heavy atom. The smallest absolute Gasteiger partial charge is 0.161 e. The predicted octanol–water partition coefficient (Wildman–Crippen LogP) is 7.40. The highest BCUT2D eigenvalue weighted by Crippen LogP contribution is 2.46. The van der Waals surface area contributed by atoms with Crippen LogP contribution in [0.4, 0.5) is 0 Å². The molecule has 0 aliphatic carbocycles.